The number of pyridine rings is 1. The molecular weight excluding hydrogens is 215 g/mol. The van der Waals surface area contributed by atoms with Crippen LogP contribution in [0, 0.1) is 12.7 Å². The molecule has 1 N–H and O–H groups in total. The number of aryl methyl sites for hydroxylation is 1. The molecule has 1 aromatic carbocycles. The van der Waals surface area contributed by atoms with Crippen LogP contribution in [0.3, 0.4) is 0 Å². The van der Waals surface area contributed by atoms with E-state index in [2.05, 4.69) is 10.3 Å². The van der Waals surface area contributed by atoms with Crippen LogP contribution in [0.2, 0.25) is 0 Å². The summed E-state index contributed by atoms with van der Waals surface area (Å²) < 4.78 is 13.3. The third kappa shape index (κ3) is 2.50. The minimum absolute atomic E-state index is 0.00583. The van der Waals surface area contributed by atoms with Crippen molar-refractivity contribution in [3.05, 3.63) is 65.2 Å². The SMILES string of the molecule is CNC(c1ccncc1)c1cc(F)ccc1C. The van der Waals surface area contributed by atoms with Crippen LogP contribution in [0.15, 0.2) is 42.7 Å². The number of hydrogen-bond acceptors (Lipinski definition) is 2. The molecule has 0 saturated heterocycles. The number of nitrogens with one attached hydrogen (secondary N) is 1. The second kappa shape index (κ2) is 5.06. The van der Waals surface area contributed by atoms with Gasteiger partial charge in [0.2, 0.25) is 0 Å². The Labute approximate surface area is 101 Å². The van der Waals surface area contributed by atoms with Gasteiger partial charge >= 0.3 is 0 Å². The van der Waals surface area contributed by atoms with Crippen LogP contribution >= 0.6 is 0 Å². The number of rotatable bonds is 3. The van der Waals surface area contributed by atoms with Gasteiger partial charge in [-0.05, 0) is 54.9 Å². The van der Waals surface area contributed by atoms with Crippen LogP contribution in [-0.2, 0) is 0 Å². The number of aromatic nitrogens is 1. The van der Waals surface area contributed by atoms with E-state index in [0.717, 1.165) is 16.7 Å². The van der Waals surface area contributed by atoms with Gasteiger partial charge in [0.15, 0.2) is 0 Å². The summed E-state index contributed by atoms with van der Waals surface area (Å²) in [6.07, 6.45) is 3.49. The first-order valence-electron chi connectivity index (χ1n) is 5.55. The molecule has 0 aliphatic rings. The summed E-state index contributed by atoms with van der Waals surface area (Å²) in [6.45, 7) is 1.99. The average molecular weight is 230 g/mol. The Bertz CT molecular complexity index is 497. The molecule has 2 rings (SSSR count). The minimum Gasteiger partial charge on any atom is -0.309 e. The Kier molecular flexibility index (Phi) is 3.49. The molecule has 2 nitrogen and oxygen atoms in total. The maximum Gasteiger partial charge on any atom is 0.123 e. The first kappa shape index (κ1) is 11.7. The topological polar surface area (TPSA) is 24.9 Å². The maximum absolute atomic E-state index is 13.3. The largest absolute Gasteiger partial charge is 0.309 e. The van der Waals surface area contributed by atoms with E-state index in [9.17, 15) is 4.39 Å². The van der Waals surface area contributed by atoms with Crippen molar-refractivity contribution in [1.82, 2.24) is 10.3 Å². The quantitative estimate of drug-likeness (QED) is 0.877. The van der Waals surface area contributed by atoms with Gasteiger partial charge in [0.25, 0.3) is 0 Å². The molecule has 2 aromatic rings. The van der Waals surface area contributed by atoms with E-state index in [4.69, 9.17) is 0 Å². The Balaban J connectivity index is 2.46. The van der Waals surface area contributed by atoms with Crippen molar-refractivity contribution in [1.29, 1.82) is 0 Å². The molecule has 88 valence electrons. The number of benzene rings is 1. The van der Waals surface area contributed by atoms with Gasteiger partial charge in [-0.3, -0.25) is 4.98 Å². The van der Waals surface area contributed by atoms with Crippen molar-refractivity contribution in [3.8, 4) is 0 Å². The Hall–Kier alpha value is -1.74. The lowest BCUT2D eigenvalue weighted by atomic mass is 9.96. The number of nitrogens with zero attached hydrogens (tertiary/aromatic N) is 1. The monoisotopic (exact) mass is 230 g/mol. The highest BCUT2D eigenvalue weighted by Gasteiger charge is 2.14. The third-order valence-corrected chi connectivity index (χ3v) is 2.88. The summed E-state index contributed by atoms with van der Waals surface area (Å²) in [5.74, 6) is -0.208. The zero-order chi connectivity index (χ0) is 12.3. The van der Waals surface area contributed by atoms with E-state index in [1.807, 2.05) is 26.1 Å². The van der Waals surface area contributed by atoms with Crippen LogP contribution in [0.1, 0.15) is 22.7 Å². The highest BCUT2D eigenvalue weighted by Crippen LogP contribution is 2.24. The van der Waals surface area contributed by atoms with Crippen molar-refractivity contribution in [2.75, 3.05) is 7.05 Å². The predicted octanol–water partition coefficient (Wildman–Crippen LogP) is 2.84. The van der Waals surface area contributed by atoms with E-state index in [-0.39, 0.29) is 11.9 Å². The molecule has 0 amide bonds. The van der Waals surface area contributed by atoms with Gasteiger partial charge in [0.05, 0.1) is 6.04 Å². The molecule has 1 unspecified atom stereocenters. The first-order valence-corrected chi connectivity index (χ1v) is 5.55. The summed E-state index contributed by atoms with van der Waals surface area (Å²) in [6, 6.07) is 8.73. The molecular formula is C14H15FN2. The molecule has 0 bridgehead atoms. The lowest BCUT2D eigenvalue weighted by molar-refractivity contribution is 0.615. The van der Waals surface area contributed by atoms with Gasteiger partial charge in [0, 0.05) is 12.4 Å². The van der Waals surface area contributed by atoms with Crippen molar-refractivity contribution >= 4 is 0 Å². The predicted molar refractivity (Wildman–Crippen MR) is 66.3 cm³/mol. The number of hydrogen-bond donors (Lipinski definition) is 1. The van der Waals surface area contributed by atoms with Crippen LogP contribution in [0.5, 0.6) is 0 Å². The fourth-order valence-corrected chi connectivity index (χ4v) is 1.98. The smallest absolute Gasteiger partial charge is 0.123 e. The fraction of sp³-hybridized carbons (Fsp3) is 0.214. The van der Waals surface area contributed by atoms with Crippen molar-refractivity contribution in [2.45, 2.75) is 13.0 Å². The van der Waals surface area contributed by atoms with Crippen molar-refractivity contribution < 1.29 is 4.39 Å². The summed E-state index contributed by atoms with van der Waals surface area (Å²) in [4.78, 5) is 3.99. The average Bonchev–Trinajstić information content (AvgIpc) is 2.36. The first-order chi connectivity index (χ1) is 8.22. The van der Waals surface area contributed by atoms with Crippen molar-refractivity contribution in [2.24, 2.45) is 0 Å². The summed E-state index contributed by atoms with van der Waals surface area (Å²) in [7, 11) is 1.87. The van der Waals surface area contributed by atoms with Gasteiger partial charge in [-0.2, -0.15) is 0 Å². The van der Waals surface area contributed by atoms with Crippen LogP contribution in [-0.4, -0.2) is 12.0 Å². The molecule has 1 atom stereocenters. The van der Waals surface area contributed by atoms with E-state index in [0.29, 0.717) is 0 Å². The third-order valence-electron chi connectivity index (χ3n) is 2.88. The molecule has 0 radical (unpaired) electrons. The Morgan fingerprint density at radius 2 is 1.88 bits per heavy atom. The van der Waals surface area contributed by atoms with E-state index in [1.165, 1.54) is 6.07 Å². The molecule has 1 aromatic heterocycles. The molecule has 0 spiro atoms. The van der Waals surface area contributed by atoms with E-state index in [1.54, 1.807) is 24.5 Å². The summed E-state index contributed by atoms with van der Waals surface area (Å²) in [5, 5.41) is 3.21. The zero-order valence-electron chi connectivity index (χ0n) is 9.94. The molecule has 17 heavy (non-hydrogen) atoms. The molecule has 0 fully saturated rings. The number of halogens is 1. The van der Waals surface area contributed by atoms with Gasteiger partial charge in [-0.25, -0.2) is 4.39 Å². The van der Waals surface area contributed by atoms with Crippen molar-refractivity contribution in [3.63, 3.8) is 0 Å². The van der Waals surface area contributed by atoms with E-state index < -0.39 is 0 Å². The molecule has 0 aliphatic carbocycles. The standard InChI is InChI=1S/C14H15FN2/c1-10-3-4-12(15)9-13(10)14(16-2)11-5-7-17-8-6-11/h3-9,14,16H,1-2H3. The van der Waals surface area contributed by atoms with Gasteiger partial charge in [-0.15, -0.1) is 0 Å². The zero-order valence-corrected chi connectivity index (χ0v) is 9.94. The normalized spacial score (nSPS) is 12.4. The van der Waals surface area contributed by atoms with Gasteiger partial charge < -0.3 is 5.32 Å². The molecule has 0 aliphatic heterocycles. The van der Waals surface area contributed by atoms with Gasteiger partial charge in [-0.1, -0.05) is 6.07 Å². The second-order valence-electron chi connectivity index (χ2n) is 4.00. The fourth-order valence-electron chi connectivity index (χ4n) is 1.98. The van der Waals surface area contributed by atoms with Crippen LogP contribution in [0.4, 0.5) is 4.39 Å². The maximum atomic E-state index is 13.3. The Morgan fingerprint density at radius 3 is 2.53 bits per heavy atom. The van der Waals surface area contributed by atoms with E-state index >= 15 is 0 Å². The van der Waals surface area contributed by atoms with Crippen LogP contribution in [0.25, 0.3) is 0 Å². The van der Waals surface area contributed by atoms with Crippen LogP contribution < -0.4 is 5.32 Å². The lowest BCUT2D eigenvalue weighted by Gasteiger charge is -2.19. The molecule has 1 heterocycles. The molecule has 0 saturated carbocycles. The van der Waals surface area contributed by atoms with Gasteiger partial charge in [0.1, 0.15) is 5.82 Å². The minimum atomic E-state index is -0.208. The highest BCUT2D eigenvalue weighted by molar-refractivity contribution is 5.36. The highest BCUT2D eigenvalue weighted by atomic mass is 19.1. The summed E-state index contributed by atoms with van der Waals surface area (Å²) >= 11 is 0. The summed E-state index contributed by atoms with van der Waals surface area (Å²) in [5.41, 5.74) is 3.11. The Morgan fingerprint density at radius 1 is 1.18 bits per heavy atom. The lowest BCUT2D eigenvalue weighted by Crippen LogP contribution is -2.18. The second-order valence-corrected chi connectivity index (χ2v) is 4.00. The molecule has 3 heteroatoms.